The molecule has 8 heteroatoms. The van der Waals surface area contributed by atoms with Crippen molar-refractivity contribution in [3.63, 3.8) is 0 Å². The van der Waals surface area contributed by atoms with Crippen molar-refractivity contribution in [1.82, 2.24) is 5.16 Å². The van der Waals surface area contributed by atoms with Gasteiger partial charge in [0.15, 0.2) is 0 Å². The highest BCUT2D eigenvalue weighted by Gasteiger charge is 2.31. The third kappa shape index (κ3) is 4.15. The number of aliphatic hydroxyl groups is 1. The summed E-state index contributed by atoms with van der Waals surface area (Å²) in [6.07, 6.45) is -4.73. The molecule has 1 aromatic heterocycles. The lowest BCUT2D eigenvalue weighted by Gasteiger charge is -2.10. The minimum absolute atomic E-state index is 0.239. The molecule has 3 rings (SSSR count). The molecule has 0 aliphatic rings. The lowest BCUT2D eigenvalue weighted by Crippen LogP contribution is -2.16. The van der Waals surface area contributed by atoms with Crippen molar-refractivity contribution in [2.24, 2.45) is 0 Å². The molecule has 0 fully saturated rings. The molecule has 1 heterocycles. The van der Waals surface area contributed by atoms with Crippen LogP contribution in [0.2, 0.25) is 0 Å². The van der Waals surface area contributed by atoms with Crippen LogP contribution in [0.1, 0.15) is 11.5 Å². The van der Waals surface area contributed by atoms with Gasteiger partial charge in [0.2, 0.25) is 0 Å². The van der Waals surface area contributed by atoms with Gasteiger partial charge in [0.1, 0.15) is 28.7 Å². The Morgan fingerprint density at radius 1 is 0.962 bits per heavy atom. The van der Waals surface area contributed by atoms with Crippen molar-refractivity contribution in [2.75, 3.05) is 0 Å². The van der Waals surface area contributed by atoms with Crippen LogP contribution in [0.15, 0.2) is 53.1 Å². The van der Waals surface area contributed by atoms with Crippen LogP contribution in [-0.4, -0.2) is 16.6 Å². The van der Waals surface area contributed by atoms with Crippen molar-refractivity contribution < 1.29 is 32.3 Å². The molecule has 0 spiro atoms. The quantitative estimate of drug-likeness (QED) is 0.701. The number of aryl methyl sites for hydroxylation is 1. The molecular weight excluding hydrogens is 351 g/mol. The molecule has 0 unspecified atom stereocenters. The summed E-state index contributed by atoms with van der Waals surface area (Å²) in [7, 11) is 0. The van der Waals surface area contributed by atoms with Crippen LogP contribution < -0.4 is 9.47 Å². The fraction of sp³-hybridized carbons (Fsp3) is 0.167. The lowest BCUT2D eigenvalue weighted by atomic mass is 10.0. The summed E-state index contributed by atoms with van der Waals surface area (Å²) >= 11 is 0. The maximum atomic E-state index is 12.1. The largest absolute Gasteiger partial charge is 0.573 e. The van der Waals surface area contributed by atoms with Gasteiger partial charge in [0.05, 0.1) is 6.61 Å². The number of benzene rings is 2. The third-order valence-corrected chi connectivity index (χ3v) is 3.52. The normalized spacial score (nSPS) is 11.4. The highest BCUT2D eigenvalue weighted by molar-refractivity contribution is 5.68. The van der Waals surface area contributed by atoms with E-state index in [2.05, 4.69) is 9.89 Å². The van der Waals surface area contributed by atoms with Crippen molar-refractivity contribution in [1.29, 1.82) is 0 Å². The Morgan fingerprint density at radius 2 is 1.50 bits per heavy atom. The van der Waals surface area contributed by atoms with Crippen molar-refractivity contribution >= 4 is 0 Å². The Bertz CT molecular complexity index is 871. The van der Waals surface area contributed by atoms with Gasteiger partial charge in [-0.3, -0.25) is 0 Å². The molecule has 0 radical (unpaired) electrons. The Balaban J connectivity index is 1.72. The molecule has 0 aliphatic carbocycles. The van der Waals surface area contributed by atoms with E-state index in [1.807, 2.05) is 0 Å². The molecule has 26 heavy (non-hydrogen) atoms. The van der Waals surface area contributed by atoms with Crippen LogP contribution in [0.5, 0.6) is 17.2 Å². The molecule has 1 N–H and O–H groups in total. The van der Waals surface area contributed by atoms with Gasteiger partial charge in [-0.1, -0.05) is 17.3 Å². The fourth-order valence-corrected chi connectivity index (χ4v) is 2.43. The summed E-state index contributed by atoms with van der Waals surface area (Å²) in [5, 5.41) is 13.1. The number of aromatic nitrogens is 1. The van der Waals surface area contributed by atoms with Crippen LogP contribution in [0, 0.1) is 6.92 Å². The van der Waals surface area contributed by atoms with Gasteiger partial charge < -0.3 is 19.1 Å². The van der Waals surface area contributed by atoms with E-state index < -0.39 is 6.36 Å². The highest BCUT2D eigenvalue weighted by atomic mass is 19.4. The first kappa shape index (κ1) is 17.8. The van der Waals surface area contributed by atoms with Crippen molar-refractivity contribution in [3.8, 4) is 28.4 Å². The number of alkyl halides is 3. The monoisotopic (exact) mass is 365 g/mol. The number of hydrogen-bond donors (Lipinski definition) is 1. The molecule has 0 amide bonds. The van der Waals surface area contributed by atoms with Crippen LogP contribution in [0.3, 0.4) is 0 Å². The molecule has 136 valence electrons. The molecule has 0 atom stereocenters. The van der Waals surface area contributed by atoms with Crippen LogP contribution in [0.4, 0.5) is 13.2 Å². The van der Waals surface area contributed by atoms with E-state index in [-0.39, 0.29) is 12.4 Å². The fourth-order valence-electron chi connectivity index (χ4n) is 2.43. The standard InChI is InChI=1S/C18H14F3NO4/c1-11-17(16(10-23)22-26-11)12-2-4-13(5-3-12)24-14-6-8-15(9-7-14)25-18(19,20)21/h2-9,23H,10H2,1H3. The highest BCUT2D eigenvalue weighted by Crippen LogP contribution is 2.31. The predicted molar refractivity (Wildman–Crippen MR) is 85.8 cm³/mol. The van der Waals surface area contributed by atoms with E-state index in [1.165, 1.54) is 24.3 Å². The first-order valence-electron chi connectivity index (χ1n) is 7.56. The van der Waals surface area contributed by atoms with Gasteiger partial charge >= 0.3 is 6.36 Å². The maximum Gasteiger partial charge on any atom is 0.573 e. The van der Waals surface area contributed by atoms with Gasteiger partial charge in [-0.05, 0) is 48.9 Å². The van der Waals surface area contributed by atoms with E-state index in [9.17, 15) is 18.3 Å². The zero-order chi connectivity index (χ0) is 18.7. The minimum atomic E-state index is -4.73. The van der Waals surface area contributed by atoms with E-state index in [0.717, 1.165) is 5.56 Å². The van der Waals surface area contributed by atoms with Crippen LogP contribution >= 0.6 is 0 Å². The van der Waals surface area contributed by atoms with Gasteiger partial charge in [-0.2, -0.15) is 0 Å². The minimum Gasteiger partial charge on any atom is -0.457 e. The molecule has 0 bridgehead atoms. The Morgan fingerprint density at radius 3 is 2.04 bits per heavy atom. The van der Waals surface area contributed by atoms with E-state index >= 15 is 0 Å². The summed E-state index contributed by atoms with van der Waals surface area (Å²) < 4.78 is 50.9. The SMILES string of the molecule is Cc1onc(CO)c1-c1ccc(Oc2ccc(OC(F)(F)F)cc2)cc1. The van der Waals surface area contributed by atoms with Crippen molar-refractivity contribution in [2.45, 2.75) is 19.9 Å². The average Bonchev–Trinajstić information content (AvgIpc) is 2.97. The summed E-state index contributed by atoms with van der Waals surface area (Å²) in [6, 6.07) is 12.0. The number of ether oxygens (including phenoxy) is 2. The predicted octanol–water partition coefficient (Wildman–Crippen LogP) is 4.83. The molecule has 0 saturated heterocycles. The Hall–Kier alpha value is -3.00. The van der Waals surface area contributed by atoms with E-state index in [4.69, 9.17) is 9.26 Å². The van der Waals surface area contributed by atoms with Crippen LogP contribution in [0.25, 0.3) is 11.1 Å². The maximum absolute atomic E-state index is 12.1. The Labute approximate surface area is 146 Å². The molecule has 5 nitrogen and oxygen atoms in total. The average molecular weight is 365 g/mol. The number of hydrogen-bond acceptors (Lipinski definition) is 5. The smallest absolute Gasteiger partial charge is 0.457 e. The Kier molecular flexibility index (Phi) is 4.85. The van der Waals surface area contributed by atoms with Gasteiger partial charge in [-0.15, -0.1) is 13.2 Å². The molecule has 3 aromatic rings. The number of nitrogens with zero attached hydrogens (tertiary/aromatic N) is 1. The van der Waals surface area contributed by atoms with Crippen molar-refractivity contribution in [3.05, 3.63) is 60.0 Å². The number of aliphatic hydroxyl groups excluding tert-OH is 1. The first-order valence-corrected chi connectivity index (χ1v) is 7.56. The second-order valence-corrected chi connectivity index (χ2v) is 5.36. The molecule has 2 aromatic carbocycles. The zero-order valence-electron chi connectivity index (χ0n) is 13.6. The summed E-state index contributed by atoms with van der Waals surface area (Å²) in [5.41, 5.74) is 1.96. The van der Waals surface area contributed by atoms with Gasteiger partial charge in [0.25, 0.3) is 0 Å². The van der Waals surface area contributed by atoms with Gasteiger partial charge in [0, 0.05) is 5.56 Å². The zero-order valence-corrected chi connectivity index (χ0v) is 13.6. The van der Waals surface area contributed by atoms with Crippen LogP contribution in [-0.2, 0) is 6.61 Å². The second-order valence-electron chi connectivity index (χ2n) is 5.36. The topological polar surface area (TPSA) is 64.7 Å². The van der Waals surface area contributed by atoms with E-state index in [1.54, 1.807) is 31.2 Å². The summed E-state index contributed by atoms with van der Waals surface area (Å²) in [4.78, 5) is 0. The molecule has 0 saturated carbocycles. The van der Waals surface area contributed by atoms with E-state index in [0.29, 0.717) is 28.5 Å². The molecule has 0 aliphatic heterocycles. The number of rotatable bonds is 5. The summed E-state index contributed by atoms with van der Waals surface area (Å²) in [5.74, 6) is 1.13. The van der Waals surface area contributed by atoms with Gasteiger partial charge in [-0.25, -0.2) is 0 Å². The lowest BCUT2D eigenvalue weighted by molar-refractivity contribution is -0.274. The molecular formula is C18H14F3NO4. The summed E-state index contributed by atoms with van der Waals surface area (Å²) in [6.45, 7) is 1.51. The second kappa shape index (κ2) is 7.09. The third-order valence-electron chi connectivity index (χ3n) is 3.52. The number of halogens is 3. The first-order chi connectivity index (χ1) is 12.4.